The molecule has 0 aromatic heterocycles. The molecule has 2 heteroatoms. The maximum absolute atomic E-state index is 6.20. The summed E-state index contributed by atoms with van der Waals surface area (Å²) in [5.41, 5.74) is 0. The Morgan fingerprint density at radius 1 is 1.27 bits per heavy atom. The van der Waals surface area contributed by atoms with Gasteiger partial charge in [0.2, 0.25) is 0 Å². The molecular weight excluding hydrogens is 172 g/mol. The number of hydrogen-bond donors (Lipinski definition) is 0. The molecule has 0 amide bonds. The molecule has 0 radical (unpaired) electrons. The van der Waals surface area contributed by atoms with Crippen LogP contribution in [0.25, 0.3) is 0 Å². The van der Waals surface area contributed by atoms with Gasteiger partial charge in [0.05, 0.1) is 0 Å². The van der Waals surface area contributed by atoms with Crippen LogP contribution in [-0.2, 0) is 0 Å². The van der Waals surface area contributed by atoms with Crippen molar-refractivity contribution in [2.75, 3.05) is 0 Å². The molecule has 0 bridgehead atoms. The summed E-state index contributed by atoms with van der Waals surface area (Å²) in [6.07, 6.45) is 9.96. The lowest BCUT2D eigenvalue weighted by Gasteiger charge is -2.13. The lowest BCUT2D eigenvalue weighted by molar-refractivity contribution is 0.775. The van der Waals surface area contributed by atoms with Gasteiger partial charge in [0.25, 0.3) is 0 Å². The maximum atomic E-state index is 6.20. The maximum Gasteiger partial charge on any atom is 0.150 e. The molecule has 0 saturated carbocycles. The van der Waals surface area contributed by atoms with Crippen LogP contribution in [0.4, 0.5) is 0 Å². The molecule has 0 spiro atoms. The topological polar surface area (TPSA) is 0 Å². The van der Waals surface area contributed by atoms with E-state index in [1.807, 2.05) is 0 Å². The van der Waals surface area contributed by atoms with Gasteiger partial charge in [-0.05, 0) is 18.4 Å². The normalized spacial score (nSPS) is 18.1. The predicted molar refractivity (Wildman–Crippen MR) is 54.5 cm³/mol. The third-order valence-electron chi connectivity index (χ3n) is 1.90. The van der Waals surface area contributed by atoms with Crippen molar-refractivity contribution in [1.29, 1.82) is 0 Å². The molecule has 0 aliphatic heterocycles. The van der Waals surface area contributed by atoms with Gasteiger partial charge in [-0.1, -0.05) is 37.4 Å². The standard InChI is InChI=1S/C9H15ClSi/c1-11(2,10)8-7-9-5-3-4-6-9/h3-6,9H,7-8H2,1-2H3. The van der Waals surface area contributed by atoms with Crippen molar-refractivity contribution in [2.24, 2.45) is 5.92 Å². The van der Waals surface area contributed by atoms with Gasteiger partial charge >= 0.3 is 0 Å². The number of allylic oxidation sites excluding steroid dienone is 4. The molecule has 1 aliphatic rings. The van der Waals surface area contributed by atoms with E-state index in [9.17, 15) is 0 Å². The van der Waals surface area contributed by atoms with Crippen LogP contribution in [0.1, 0.15) is 6.42 Å². The lowest BCUT2D eigenvalue weighted by atomic mass is 10.1. The Balaban J connectivity index is 2.23. The first-order valence-corrected chi connectivity index (χ1v) is 8.34. The van der Waals surface area contributed by atoms with Crippen molar-refractivity contribution < 1.29 is 0 Å². The summed E-state index contributed by atoms with van der Waals surface area (Å²) in [6, 6.07) is 1.22. The number of halogens is 1. The molecule has 0 N–H and O–H groups in total. The fourth-order valence-corrected chi connectivity index (χ4v) is 2.53. The van der Waals surface area contributed by atoms with E-state index in [1.165, 1.54) is 12.5 Å². The fraction of sp³-hybridized carbons (Fsp3) is 0.556. The summed E-state index contributed by atoms with van der Waals surface area (Å²) in [5, 5.41) is 0. The van der Waals surface area contributed by atoms with Crippen LogP contribution in [-0.4, -0.2) is 7.38 Å². The quantitative estimate of drug-likeness (QED) is 0.467. The zero-order valence-corrected chi connectivity index (χ0v) is 8.93. The van der Waals surface area contributed by atoms with Crippen LogP contribution >= 0.6 is 11.1 Å². The Hall–Kier alpha value is -0.0131. The van der Waals surface area contributed by atoms with E-state index in [-0.39, 0.29) is 0 Å². The smallest absolute Gasteiger partial charge is 0.150 e. The van der Waals surface area contributed by atoms with Crippen LogP contribution in [0.5, 0.6) is 0 Å². The van der Waals surface area contributed by atoms with E-state index in [0.717, 1.165) is 0 Å². The molecule has 0 heterocycles. The summed E-state index contributed by atoms with van der Waals surface area (Å²) in [7, 11) is -1.32. The van der Waals surface area contributed by atoms with Crippen LogP contribution < -0.4 is 0 Å². The largest absolute Gasteiger partial charge is 0.168 e. The minimum atomic E-state index is -1.32. The Morgan fingerprint density at radius 3 is 2.27 bits per heavy atom. The molecule has 0 unspecified atom stereocenters. The predicted octanol–water partition coefficient (Wildman–Crippen LogP) is 3.56. The number of hydrogen-bond acceptors (Lipinski definition) is 0. The van der Waals surface area contributed by atoms with Crippen LogP contribution in [0.15, 0.2) is 24.3 Å². The van der Waals surface area contributed by atoms with Crippen molar-refractivity contribution in [2.45, 2.75) is 25.6 Å². The highest BCUT2D eigenvalue weighted by Crippen LogP contribution is 2.23. The van der Waals surface area contributed by atoms with E-state index in [4.69, 9.17) is 11.1 Å². The van der Waals surface area contributed by atoms with E-state index in [2.05, 4.69) is 37.4 Å². The van der Waals surface area contributed by atoms with Crippen LogP contribution in [0.3, 0.4) is 0 Å². The van der Waals surface area contributed by atoms with E-state index < -0.39 is 7.38 Å². The first-order valence-electron chi connectivity index (χ1n) is 4.12. The molecule has 0 saturated heterocycles. The molecule has 0 aromatic rings. The Kier molecular flexibility index (Phi) is 2.96. The monoisotopic (exact) mass is 186 g/mol. The number of rotatable bonds is 3. The third-order valence-corrected chi connectivity index (χ3v) is 3.94. The van der Waals surface area contributed by atoms with Gasteiger partial charge < -0.3 is 0 Å². The highest BCUT2D eigenvalue weighted by Gasteiger charge is 2.18. The average Bonchev–Trinajstić information content (AvgIpc) is 2.32. The SMILES string of the molecule is C[Si](C)(Cl)CCC1C=CC=C1. The average molecular weight is 187 g/mol. The van der Waals surface area contributed by atoms with E-state index >= 15 is 0 Å². The van der Waals surface area contributed by atoms with Gasteiger partial charge in [-0.3, -0.25) is 0 Å². The Morgan fingerprint density at radius 2 is 1.82 bits per heavy atom. The third kappa shape index (κ3) is 3.78. The first kappa shape index (κ1) is 9.08. The fourth-order valence-electron chi connectivity index (χ4n) is 1.18. The lowest BCUT2D eigenvalue weighted by Crippen LogP contribution is -2.16. The molecule has 0 fully saturated rings. The molecule has 0 nitrogen and oxygen atoms in total. The van der Waals surface area contributed by atoms with Gasteiger partial charge in [0, 0.05) is 0 Å². The molecule has 11 heavy (non-hydrogen) atoms. The second kappa shape index (κ2) is 3.59. The highest BCUT2D eigenvalue weighted by molar-refractivity contribution is 7.19. The highest BCUT2D eigenvalue weighted by atomic mass is 35.6. The van der Waals surface area contributed by atoms with Crippen molar-refractivity contribution in [3.05, 3.63) is 24.3 Å². The minimum absolute atomic E-state index is 0.667. The summed E-state index contributed by atoms with van der Waals surface area (Å²) >= 11 is 6.20. The van der Waals surface area contributed by atoms with Crippen molar-refractivity contribution in [3.8, 4) is 0 Å². The summed E-state index contributed by atoms with van der Waals surface area (Å²) in [4.78, 5) is 0. The van der Waals surface area contributed by atoms with Gasteiger partial charge in [-0.15, -0.1) is 0 Å². The van der Waals surface area contributed by atoms with Crippen LogP contribution in [0, 0.1) is 5.92 Å². The van der Waals surface area contributed by atoms with Crippen molar-refractivity contribution in [3.63, 3.8) is 0 Å². The molecule has 0 aromatic carbocycles. The van der Waals surface area contributed by atoms with Gasteiger partial charge in [-0.2, -0.15) is 11.1 Å². The van der Waals surface area contributed by atoms with E-state index in [1.54, 1.807) is 0 Å². The van der Waals surface area contributed by atoms with Gasteiger partial charge in [0.15, 0.2) is 7.38 Å². The molecular formula is C9H15ClSi. The van der Waals surface area contributed by atoms with E-state index in [0.29, 0.717) is 5.92 Å². The molecule has 1 rings (SSSR count). The molecule has 0 atom stereocenters. The summed E-state index contributed by atoms with van der Waals surface area (Å²) < 4.78 is 0. The summed E-state index contributed by atoms with van der Waals surface area (Å²) in [5.74, 6) is 0.667. The minimum Gasteiger partial charge on any atom is -0.168 e. The second-order valence-corrected chi connectivity index (χ2v) is 10.7. The Bertz CT molecular complexity index is 164. The first-order chi connectivity index (χ1) is 5.08. The molecule has 62 valence electrons. The summed E-state index contributed by atoms with van der Waals surface area (Å²) in [6.45, 7) is 4.41. The van der Waals surface area contributed by atoms with Crippen LogP contribution in [0.2, 0.25) is 19.1 Å². The zero-order chi connectivity index (χ0) is 8.32. The van der Waals surface area contributed by atoms with Crippen molar-refractivity contribution in [1.82, 2.24) is 0 Å². The van der Waals surface area contributed by atoms with Crippen molar-refractivity contribution >= 4 is 18.5 Å². The van der Waals surface area contributed by atoms with Gasteiger partial charge in [0.1, 0.15) is 0 Å². The van der Waals surface area contributed by atoms with Gasteiger partial charge in [-0.25, -0.2) is 0 Å². The zero-order valence-electron chi connectivity index (χ0n) is 7.18. The second-order valence-electron chi connectivity index (χ2n) is 3.69. The molecule has 1 aliphatic carbocycles. The Labute approximate surface area is 74.7 Å².